The molecule has 2 aliphatic rings. The second-order valence-corrected chi connectivity index (χ2v) is 7.70. The number of aldehydes is 1. The summed E-state index contributed by atoms with van der Waals surface area (Å²) in [5.74, 6) is 0.638. The maximum absolute atomic E-state index is 12.6. The summed E-state index contributed by atoms with van der Waals surface area (Å²) < 4.78 is 43.2. The highest BCUT2D eigenvalue weighted by molar-refractivity contribution is 5.65. The van der Waals surface area contributed by atoms with E-state index in [9.17, 15) is 18.0 Å². The van der Waals surface area contributed by atoms with Crippen molar-refractivity contribution in [3.05, 3.63) is 48.0 Å². The van der Waals surface area contributed by atoms with E-state index >= 15 is 0 Å². The first kappa shape index (κ1) is 18.7. The van der Waals surface area contributed by atoms with Crippen molar-refractivity contribution >= 4 is 12.0 Å². The topological polar surface area (TPSA) is 55.3 Å². The molecule has 0 aromatic carbocycles. The summed E-state index contributed by atoms with van der Waals surface area (Å²) in [5, 5.41) is 0. The molecule has 0 bridgehead atoms. The fraction of sp³-hybridized carbons (Fsp3) is 0.450. The number of hydrogen-bond donors (Lipinski definition) is 0. The van der Waals surface area contributed by atoms with Crippen LogP contribution in [0.3, 0.4) is 0 Å². The lowest BCUT2D eigenvalue weighted by molar-refractivity contribution is -0.141. The molecule has 0 radical (unpaired) electrons. The first-order chi connectivity index (χ1) is 13.3. The highest BCUT2D eigenvalue weighted by Gasteiger charge is 2.54. The molecule has 2 fully saturated rings. The number of methoxy groups -OCH3 is 1. The van der Waals surface area contributed by atoms with Gasteiger partial charge in [-0.15, -0.1) is 0 Å². The Kier molecular flexibility index (Phi) is 4.51. The molecule has 1 unspecified atom stereocenters. The molecule has 1 saturated carbocycles. The van der Waals surface area contributed by atoms with Crippen LogP contribution in [-0.4, -0.2) is 36.5 Å². The Hall–Kier alpha value is -2.64. The number of aromatic nitrogens is 2. The van der Waals surface area contributed by atoms with Gasteiger partial charge in [-0.05, 0) is 37.0 Å². The summed E-state index contributed by atoms with van der Waals surface area (Å²) in [4.78, 5) is 21.4. The lowest BCUT2D eigenvalue weighted by atomic mass is 9.54. The minimum atomic E-state index is -4.42. The number of hydrogen-bond acceptors (Lipinski definition) is 5. The minimum Gasteiger partial charge on any atom is -0.496 e. The van der Waals surface area contributed by atoms with Gasteiger partial charge in [0.25, 0.3) is 0 Å². The summed E-state index contributed by atoms with van der Waals surface area (Å²) in [7, 11) is 1.57. The van der Waals surface area contributed by atoms with E-state index < -0.39 is 11.9 Å². The van der Waals surface area contributed by atoms with Crippen LogP contribution < -0.4 is 9.64 Å². The number of alkyl halides is 3. The number of carbonyl (C=O) groups excluding carboxylic acids is 1. The Bertz CT molecular complexity index is 856. The van der Waals surface area contributed by atoms with Crippen molar-refractivity contribution in [2.24, 2.45) is 11.3 Å². The Morgan fingerprint density at radius 1 is 1.25 bits per heavy atom. The van der Waals surface area contributed by atoms with E-state index in [4.69, 9.17) is 4.74 Å². The van der Waals surface area contributed by atoms with Crippen LogP contribution in [0.2, 0.25) is 0 Å². The lowest BCUT2D eigenvalue weighted by Crippen LogP contribution is -2.63. The maximum Gasteiger partial charge on any atom is 0.433 e. The third-order valence-electron chi connectivity index (χ3n) is 5.89. The van der Waals surface area contributed by atoms with Gasteiger partial charge in [-0.3, -0.25) is 4.98 Å². The minimum absolute atomic E-state index is 0.129. The van der Waals surface area contributed by atoms with E-state index in [-0.39, 0.29) is 17.3 Å². The third kappa shape index (κ3) is 3.21. The Balaban J connectivity index is 1.38. The van der Waals surface area contributed by atoms with Crippen molar-refractivity contribution in [1.82, 2.24) is 9.97 Å². The zero-order valence-electron chi connectivity index (χ0n) is 15.3. The zero-order chi connectivity index (χ0) is 19.9. The van der Waals surface area contributed by atoms with Gasteiger partial charge in [0, 0.05) is 42.4 Å². The highest BCUT2D eigenvalue weighted by atomic mass is 19.4. The van der Waals surface area contributed by atoms with Gasteiger partial charge in [0.2, 0.25) is 0 Å². The van der Waals surface area contributed by atoms with Gasteiger partial charge in [0.15, 0.2) is 0 Å². The molecule has 4 rings (SSSR count). The van der Waals surface area contributed by atoms with E-state index in [0.29, 0.717) is 11.4 Å². The average Bonchev–Trinajstić information content (AvgIpc) is 2.62. The Morgan fingerprint density at radius 2 is 2.00 bits per heavy atom. The fourth-order valence-electron chi connectivity index (χ4n) is 4.52. The molecule has 5 nitrogen and oxygen atoms in total. The molecule has 0 amide bonds. The van der Waals surface area contributed by atoms with E-state index in [2.05, 4.69) is 9.97 Å². The number of nitrogens with zero attached hydrogens (tertiary/aromatic N) is 3. The molecule has 1 saturated heterocycles. The molecule has 2 aromatic rings. The van der Waals surface area contributed by atoms with Crippen LogP contribution in [0.15, 0.2) is 36.8 Å². The van der Waals surface area contributed by atoms with E-state index in [1.54, 1.807) is 25.6 Å². The first-order valence-corrected chi connectivity index (χ1v) is 9.07. The number of rotatable bonds is 5. The zero-order valence-corrected chi connectivity index (χ0v) is 15.3. The van der Waals surface area contributed by atoms with E-state index in [0.717, 1.165) is 43.8 Å². The van der Waals surface area contributed by atoms with Gasteiger partial charge < -0.3 is 14.4 Å². The molecule has 3 heterocycles. The molecular formula is C20H20F3N3O2. The number of ether oxygens (including phenoxy) is 1. The Labute approximate surface area is 160 Å². The number of carbonyl (C=O) groups is 1. The van der Waals surface area contributed by atoms with Gasteiger partial charge in [0.1, 0.15) is 17.7 Å². The van der Waals surface area contributed by atoms with Gasteiger partial charge in [-0.1, -0.05) is 0 Å². The number of anilines is 1. The van der Waals surface area contributed by atoms with Gasteiger partial charge in [-0.2, -0.15) is 13.2 Å². The van der Waals surface area contributed by atoms with Crippen LogP contribution in [0.25, 0.3) is 0 Å². The summed E-state index contributed by atoms with van der Waals surface area (Å²) in [5.41, 5.74) is 0.754. The summed E-state index contributed by atoms with van der Waals surface area (Å²) in [6, 6.07) is 4.23. The lowest BCUT2D eigenvalue weighted by Gasteiger charge is -2.61. The van der Waals surface area contributed by atoms with Crippen molar-refractivity contribution < 1.29 is 22.7 Å². The maximum atomic E-state index is 12.6. The van der Waals surface area contributed by atoms with Crippen LogP contribution in [0.1, 0.15) is 30.0 Å². The second kappa shape index (κ2) is 6.76. The van der Waals surface area contributed by atoms with Crippen molar-refractivity contribution in [3.8, 4) is 5.75 Å². The Morgan fingerprint density at radius 3 is 2.57 bits per heavy atom. The van der Waals surface area contributed by atoms with Crippen LogP contribution in [0.4, 0.5) is 18.9 Å². The van der Waals surface area contributed by atoms with Crippen molar-refractivity contribution in [1.29, 1.82) is 0 Å². The molecule has 1 atom stereocenters. The van der Waals surface area contributed by atoms with Gasteiger partial charge >= 0.3 is 6.18 Å². The molecule has 28 heavy (non-hydrogen) atoms. The molecule has 1 aliphatic carbocycles. The van der Waals surface area contributed by atoms with E-state index in [1.165, 1.54) is 12.3 Å². The fourth-order valence-corrected chi connectivity index (χ4v) is 4.52. The normalized spacial score (nSPS) is 19.6. The summed E-state index contributed by atoms with van der Waals surface area (Å²) in [6.07, 6.45) is 2.94. The first-order valence-electron chi connectivity index (χ1n) is 9.07. The summed E-state index contributed by atoms with van der Waals surface area (Å²) >= 11 is 0. The van der Waals surface area contributed by atoms with Gasteiger partial charge in [0.05, 0.1) is 19.0 Å². The highest BCUT2D eigenvalue weighted by Crippen LogP contribution is 2.57. The van der Waals surface area contributed by atoms with Crippen LogP contribution in [-0.2, 0) is 11.0 Å². The number of pyridine rings is 2. The van der Waals surface area contributed by atoms with Crippen molar-refractivity contribution in [2.75, 3.05) is 25.1 Å². The van der Waals surface area contributed by atoms with Crippen LogP contribution >= 0.6 is 0 Å². The predicted octanol–water partition coefficient (Wildman–Crippen LogP) is 3.70. The third-order valence-corrected chi connectivity index (χ3v) is 5.89. The molecule has 1 aliphatic heterocycles. The largest absolute Gasteiger partial charge is 0.496 e. The molecule has 8 heteroatoms. The predicted molar refractivity (Wildman–Crippen MR) is 96.2 cm³/mol. The molecule has 2 aromatic heterocycles. The monoisotopic (exact) mass is 391 g/mol. The van der Waals surface area contributed by atoms with Crippen molar-refractivity contribution in [2.45, 2.75) is 24.9 Å². The molecule has 1 spiro atoms. The molecule has 0 N–H and O–H groups in total. The molecule has 148 valence electrons. The quantitative estimate of drug-likeness (QED) is 0.728. The SMILES string of the molecule is COc1ccncc1C(C=O)C1CC2(C1)CN(c1ccc(C(F)(F)F)nc1)C2. The smallest absolute Gasteiger partial charge is 0.433 e. The standard InChI is InChI=1S/C20H20F3N3O2/c1-28-17-4-5-24-9-15(17)16(10-27)13-6-19(7-13)11-26(12-19)14-2-3-18(25-8-14)20(21,22)23/h2-5,8-10,13,16H,6-7,11-12H2,1H3. The van der Waals surface area contributed by atoms with Crippen molar-refractivity contribution in [3.63, 3.8) is 0 Å². The van der Waals surface area contributed by atoms with Crippen LogP contribution in [0.5, 0.6) is 5.75 Å². The summed E-state index contributed by atoms with van der Waals surface area (Å²) in [6.45, 7) is 1.54. The number of halogens is 3. The molecular weight excluding hydrogens is 371 g/mol. The second-order valence-electron chi connectivity index (χ2n) is 7.70. The van der Waals surface area contributed by atoms with Gasteiger partial charge in [-0.25, -0.2) is 4.98 Å². The van der Waals surface area contributed by atoms with E-state index in [1.807, 2.05) is 4.90 Å². The van der Waals surface area contributed by atoms with Crippen LogP contribution in [0, 0.1) is 11.3 Å². The average molecular weight is 391 g/mol.